The van der Waals surface area contributed by atoms with Crippen LogP contribution < -0.4 is 0 Å². The van der Waals surface area contributed by atoms with Crippen LogP contribution in [0.2, 0.25) is 0 Å². The average molecular weight is 251 g/mol. The van der Waals surface area contributed by atoms with Crippen molar-refractivity contribution in [2.75, 3.05) is 6.61 Å². The molecule has 0 radical (unpaired) electrons. The van der Waals surface area contributed by atoms with E-state index in [-0.39, 0.29) is 28.8 Å². The normalized spacial score (nSPS) is 10.5. The van der Waals surface area contributed by atoms with Gasteiger partial charge < -0.3 is 14.3 Å². The summed E-state index contributed by atoms with van der Waals surface area (Å²) in [6.07, 6.45) is 0. The maximum absolute atomic E-state index is 11.6. The molecule has 0 unspecified atom stereocenters. The highest BCUT2D eigenvalue weighted by molar-refractivity contribution is 6.05. The number of non-ortho nitro benzene ring substituents is 1. The number of fused-ring (bicyclic) bond motifs is 1. The van der Waals surface area contributed by atoms with Crippen molar-refractivity contribution in [3.8, 4) is 5.95 Å². The molecular weight excluding hydrogens is 242 g/mol. The number of aromatic hydroxyl groups is 1. The van der Waals surface area contributed by atoms with Gasteiger partial charge in [-0.3, -0.25) is 10.1 Å². The Morgan fingerprint density at radius 1 is 1.56 bits per heavy atom. The van der Waals surface area contributed by atoms with E-state index in [4.69, 9.17) is 9.15 Å². The lowest BCUT2D eigenvalue weighted by molar-refractivity contribution is -0.384. The number of benzene rings is 1. The molecule has 0 atom stereocenters. The molecule has 0 fully saturated rings. The molecule has 2 aromatic rings. The van der Waals surface area contributed by atoms with E-state index >= 15 is 0 Å². The van der Waals surface area contributed by atoms with Gasteiger partial charge in [-0.05, 0) is 13.0 Å². The molecule has 94 valence electrons. The molecule has 1 heterocycles. The number of esters is 1. The van der Waals surface area contributed by atoms with Crippen molar-refractivity contribution < 1.29 is 24.0 Å². The third kappa shape index (κ3) is 1.86. The van der Waals surface area contributed by atoms with Crippen LogP contribution in [0.5, 0.6) is 5.95 Å². The van der Waals surface area contributed by atoms with Gasteiger partial charge in [-0.25, -0.2) is 4.79 Å². The minimum Gasteiger partial charge on any atom is -0.480 e. The molecule has 0 aliphatic rings. The highest BCUT2D eigenvalue weighted by Crippen LogP contribution is 2.33. The van der Waals surface area contributed by atoms with Crippen LogP contribution >= 0.6 is 0 Å². The van der Waals surface area contributed by atoms with Gasteiger partial charge in [0.1, 0.15) is 5.58 Å². The Hall–Kier alpha value is -2.57. The molecule has 0 aliphatic carbocycles. The van der Waals surface area contributed by atoms with Crippen molar-refractivity contribution in [2.45, 2.75) is 6.92 Å². The summed E-state index contributed by atoms with van der Waals surface area (Å²) in [4.78, 5) is 21.6. The molecule has 0 bridgehead atoms. The van der Waals surface area contributed by atoms with E-state index < -0.39 is 16.8 Å². The third-order valence-corrected chi connectivity index (χ3v) is 2.35. The highest BCUT2D eigenvalue weighted by atomic mass is 16.6. The van der Waals surface area contributed by atoms with Crippen LogP contribution in [-0.2, 0) is 4.74 Å². The van der Waals surface area contributed by atoms with Crippen molar-refractivity contribution in [3.05, 3.63) is 33.9 Å². The zero-order valence-corrected chi connectivity index (χ0v) is 9.37. The van der Waals surface area contributed by atoms with Gasteiger partial charge in [0.05, 0.1) is 17.6 Å². The average Bonchev–Trinajstić information content (AvgIpc) is 2.63. The molecule has 0 aliphatic heterocycles. The predicted molar refractivity (Wildman–Crippen MR) is 60.5 cm³/mol. The number of carbonyl (C=O) groups excluding carboxylic acids is 1. The maximum Gasteiger partial charge on any atom is 0.346 e. The van der Waals surface area contributed by atoms with Gasteiger partial charge >= 0.3 is 5.97 Å². The molecule has 7 nitrogen and oxygen atoms in total. The summed E-state index contributed by atoms with van der Waals surface area (Å²) in [5, 5.41) is 20.4. The topological polar surface area (TPSA) is 103 Å². The van der Waals surface area contributed by atoms with E-state index in [1.54, 1.807) is 6.92 Å². The minimum atomic E-state index is -0.734. The number of nitro benzene ring substituents is 1. The summed E-state index contributed by atoms with van der Waals surface area (Å²) in [6, 6.07) is 3.70. The first-order chi connectivity index (χ1) is 8.54. The quantitative estimate of drug-likeness (QED) is 0.509. The lowest BCUT2D eigenvalue weighted by Gasteiger charge is -1.98. The maximum atomic E-state index is 11.6. The molecule has 2 rings (SSSR count). The predicted octanol–water partition coefficient (Wildman–Crippen LogP) is 2.22. The molecule has 1 aromatic heterocycles. The van der Waals surface area contributed by atoms with Crippen molar-refractivity contribution in [2.24, 2.45) is 0 Å². The van der Waals surface area contributed by atoms with Crippen LogP contribution in [0.1, 0.15) is 17.3 Å². The fraction of sp³-hybridized carbons (Fsp3) is 0.182. The first-order valence-corrected chi connectivity index (χ1v) is 5.11. The number of nitrogens with zero attached hydrogens (tertiary/aromatic N) is 1. The Morgan fingerprint density at radius 3 is 2.89 bits per heavy atom. The van der Waals surface area contributed by atoms with E-state index in [9.17, 15) is 20.0 Å². The van der Waals surface area contributed by atoms with E-state index in [2.05, 4.69) is 0 Å². The van der Waals surface area contributed by atoms with Crippen LogP contribution in [0.3, 0.4) is 0 Å². The van der Waals surface area contributed by atoms with Gasteiger partial charge in [-0.2, -0.15) is 0 Å². The fourth-order valence-corrected chi connectivity index (χ4v) is 1.59. The molecular formula is C11H9NO6. The summed E-state index contributed by atoms with van der Waals surface area (Å²) in [5.41, 5.74) is -0.252. The van der Waals surface area contributed by atoms with Gasteiger partial charge in [0, 0.05) is 11.5 Å². The van der Waals surface area contributed by atoms with Crippen molar-refractivity contribution in [3.63, 3.8) is 0 Å². The molecule has 1 N–H and O–H groups in total. The van der Waals surface area contributed by atoms with Gasteiger partial charge in [-0.15, -0.1) is 0 Å². The number of furan rings is 1. The molecule has 0 saturated carbocycles. The summed E-state index contributed by atoms with van der Waals surface area (Å²) in [6.45, 7) is 1.78. The van der Waals surface area contributed by atoms with Crippen LogP contribution in [0.4, 0.5) is 5.69 Å². The number of nitro groups is 1. The summed E-state index contributed by atoms with van der Waals surface area (Å²) < 4.78 is 9.67. The van der Waals surface area contributed by atoms with Crippen LogP contribution in [0.25, 0.3) is 11.0 Å². The van der Waals surface area contributed by atoms with Gasteiger partial charge in [0.25, 0.3) is 11.6 Å². The van der Waals surface area contributed by atoms with Crippen LogP contribution in [-0.4, -0.2) is 22.6 Å². The van der Waals surface area contributed by atoms with E-state index in [1.807, 2.05) is 0 Å². The smallest absolute Gasteiger partial charge is 0.346 e. The third-order valence-electron chi connectivity index (χ3n) is 2.35. The Balaban J connectivity index is 2.59. The molecule has 0 saturated heterocycles. The fourth-order valence-electron chi connectivity index (χ4n) is 1.59. The van der Waals surface area contributed by atoms with E-state index in [1.165, 1.54) is 12.1 Å². The summed E-state index contributed by atoms with van der Waals surface area (Å²) >= 11 is 0. The first kappa shape index (κ1) is 11.9. The Morgan fingerprint density at radius 2 is 2.28 bits per heavy atom. The van der Waals surface area contributed by atoms with Gasteiger partial charge in [-0.1, -0.05) is 0 Å². The molecule has 1 aromatic carbocycles. The lowest BCUT2D eigenvalue weighted by atomic mass is 10.1. The minimum absolute atomic E-state index is 0.0600. The zero-order valence-electron chi connectivity index (χ0n) is 9.37. The first-order valence-electron chi connectivity index (χ1n) is 5.11. The monoisotopic (exact) mass is 251 g/mol. The number of ether oxygens (including phenoxy) is 1. The largest absolute Gasteiger partial charge is 0.480 e. The molecule has 7 heteroatoms. The standard InChI is InChI=1S/C11H9NO6/c1-2-17-10(13)9-7-4-3-6(12(15)16)5-8(7)18-11(9)14/h3-5,14H,2H2,1H3. The second kappa shape index (κ2) is 4.36. The van der Waals surface area contributed by atoms with Crippen molar-refractivity contribution >= 4 is 22.6 Å². The van der Waals surface area contributed by atoms with Crippen molar-refractivity contribution in [1.29, 1.82) is 0 Å². The SMILES string of the molecule is CCOC(=O)c1c(O)oc2cc([N+](=O)[O-])ccc12. The number of hydrogen-bond acceptors (Lipinski definition) is 6. The van der Waals surface area contributed by atoms with Gasteiger partial charge in [0.15, 0.2) is 5.56 Å². The zero-order chi connectivity index (χ0) is 13.3. The Kier molecular flexibility index (Phi) is 2.88. The molecule has 0 amide bonds. The summed E-state index contributed by atoms with van der Waals surface area (Å²) in [7, 11) is 0. The number of rotatable bonds is 3. The van der Waals surface area contributed by atoms with Crippen molar-refractivity contribution in [1.82, 2.24) is 0 Å². The molecule has 18 heavy (non-hydrogen) atoms. The van der Waals surface area contributed by atoms with Crippen LogP contribution in [0, 0.1) is 10.1 Å². The second-order valence-electron chi connectivity index (χ2n) is 3.44. The van der Waals surface area contributed by atoms with Crippen LogP contribution in [0.15, 0.2) is 22.6 Å². The number of hydrogen-bond donors (Lipinski definition) is 1. The van der Waals surface area contributed by atoms with E-state index in [0.717, 1.165) is 6.07 Å². The number of carbonyl (C=O) groups is 1. The molecule has 0 spiro atoms. The lowest BCUT2D eigenvalue weighted by Crippen LogP contribution is -2.03. The summed E-state index contributed by atoms with van der Waals surface area (Å²) in [5.74, 6) is -1.34. The second-order valence-corrected chi connectivity index (χ2v) is 3.44. The van der Waals surface area contributed by atoms with E-state index in [0.29, 0.717) is 0 Å². The van der Waals surface area contributed by atoms with Gasteiger partial charge in [0.2, 0.25) is 0 Å². The highest BCUT2D eigenvalue weighted by Gasteiger charge is 2.23. The Bertz CT molecular complexity index is 630. The Labute approximate surface area is 101 Å².